The fourth-order valence-electron chi connectivity index (χ4n) is 4.53. The maximum absolute atomic E-state index is 13.9. The Morgan fingerprint density at radius 3 is 2.50 bits per heavy atom. The number of hydrogen-bond acceptors (Lipinski definition) is 8. The lowest BCUT2D eigenvalue weighted by atomic mass is 9.96. The minimum absolute atomic E-state index is 0.0311. The van der Waals surface area contributed by atoms with Crippen molar-refractivity contribution in [3.05, 3.63) is 100 Å². The van der Waals surface area contributed by atoms with Crippen LogP contribution < -0.4 is 15.4 Å². The Hall–Kier alpha value is -4.75. The lowest BCUT2D eigenvalue weighted by Gasteiger charge is -2.23. The number of halogens is 2. The zero-order valence-corrected chi connectivity index (χ0v) is 24.4. The van der Waals surface area contributed by atoms with E-state index in [2.05, 4.69) is 58.0 Å². The number of nitrogens with zero attached hydrogens (tertiary/aromatic N) is 6. The maximum Gasteiger partial charge on any atom is 0.178 e. The number of aromatic nitrogens is 5. The quantitative estimate of drug-likeness (QED) is 0.199. The first-order valence-electron chi connectivity index (χ1n) is 13.3. The highest BCUT2D eigenvalue weighted by molar-refractivity contribution is 6.35. The van der Waals surface area contributed by atoms with Gasteiger partial charge in [0, 0.05) is 23.8 Å². The number of hydrogen-bond donors (Lipinski definition) is 2. The lowest BCUT2D eigenvalue weighted by molar-refractivity contribution is 0.414. The molecule has 3 aromatic carbocycles. The van der Waals surface area contributed by atoms with Crippen LogP contribution in [0.2, 0.25) is 5.02 Å². The van der Waals surface area contributed by atoms with Crippen molar-refractivity contribution >= 4 is 33.9 Å². The molecule has 214 valence electrons. The number of rotatable bonds is 9. The van der Waals surface area contributed by atoms with Gasteiger partial charge in [-0.05, 0) is 63.4 Å². The summed E-state index contributed by atoms with van der Waals surface area (Å²) in [5.41, 5.74) is 3.98. The third kappa shape index (κ3) is 6.42. The fraction of sp³-hybridized carbons (Fsp3) is 0.258. The summed E-state index contributed by atoms with van der Waals surface area (Å²) in [6.45, 7) is 7.37. The second kappa shape index (κ2) is 12.0. The third-order valence-electron chi connectivity index (χ3n) is 6.66. The van der Waals surface area contributed by atoms with Crippen LogP contribution in [0.3, 0.4) is 0 Å². The van der Waals surface area contributed by atoms with E-state index in [0.717, 1.165) is 16.9 Å². The number of nitrogens with one attached hydrogen (secondary N) is 2. The van der Waals surface area contributed by atoms with E-state index in [4.69, 9.17) is 16.3 Å². The summed E-state index contributed by atoms with van der Waals surface area (Å²) in [5.74, 6) is 0.914. The van der Waals surface area contributed by atoms with Crippen molar-refractivity contribution in [2.45, 2.75) is 33.4 Å². The topological polar surface area (TPSA) is 114 Å². The van der Waals surface area contributed by atoms with E-state index in [9.17, 15) is 9.65 Å². The molecule has 1 unspecified atom stereocenters. The van der Waals surface area contributed by atoms with Gasteiger partial charge in [0.1, 0.15) is 23.7 Å². The Morgan fingerprint density at radius 2 is 1.83 bits per heavy atom. The van der Waals surface area contributed by atoms with Crippen molar-refractivity contribution in [3.8, 4) is 11.8 Å². The highest BCUT2D eigenvalue weighted by Crippen LogP contribution is 2.36. The number of anilines is 2. The van der Waals surface area contributed by atoms with E-state index in [1.807, 2.05) is 30.3 Å². The summed E-state index contributed by atoms with van der Waals surface area (Å²) in [4.78, 5) is 4.46. The van der Waals surface area contributed by atoms with E-state index in [1.165, 1.54) is 18.3 Å². The van der Waals surface area contributed by atoms with E-state index in [-0.39, 0.29) is 11.2 Å². The zero-order valence-electron chi connectivity index (χ0n) is 23.7. The van der Waals surface area contributed by atoms with Crippen molar-refractivity contribution in [3.63, 3.8) is 0 Å². The summed E-state index contributed by atoms with van der Waals surface area (Å²) in [6.07, 6.45) is 1.53. The van der Waals surface area contributed by atoms with Gasteiger partial charge in [-0.1, -0.05) is 56.6 Å². The van der Waals surface area contributed by atoms with E-state index in [1.54, 1.807) is 30.0 Å². The Morgan fingerprint density at radius 1 is 1.10 bits per heavy atom. The van der Waals surface area contributed by atoms with Crippen LogP contribution >= 0.6 is 11.6 Å². The van der Waals surface area contributed by atoms with Gasteiger partial charge in [0.15, 0.2) is 5.82 Å². The summed E-state index contributed by atoms with van der Waals surface area (Å²) in [7, 11) is 1.62. The molecule has 0 saturated heterocycles. The SMILES string of the molecule is COc1ccc(Cn2nnnc2C(Nc2cc(Cl)c3ncc(C#N)c(NCC(C)(C)C)c3c2)c2ccc(F)cc2)cc1. The summed E-state index contributed by atoms with van der Waals surface area (Å²) in [6, 6.07) is 19.1. The molecule has 0 aliphatic carbocycles. The van der Waals surface area contributed by atoms with Crippen LogP contribution in [0.25, 0.3) is 10.9 Å². The number of tetrazole rings is 1. The highest BCUT2D eigenvalue weighted by Gasteiger charge is 2.23. The molecule has 5 rings (SSSR count). The van der Waals surface area contributed by atoms with Gasteiger partial charge < -0.3 is 15.4 Å². The molecule has 0 amide bonds. The number of fused-ring (bicyclic) bond motifs is 1. The number of benzene rings is 3. The van der Waals surface area contributed by atoms with Crippen LogP contribution in [0.5, 0.6) is 5.75 Å². The van der Waals surface area contributed by atoms with Gasteiger partial charge in [0.2, 0.25) is 0 Å². The second-order valence-corrected chi connectivity index (χ2v) is 11.5. The molecule has 0 fully saturated rings. The minimum atomic E-state index is -0.564. The predicted molar refractivity (Wildman–Crippen MR) is 161 cm³/mol. The lowest BCUT2D eigenvalue weighted by Crippen LogP contribution is -2.20. The molecule has 0 saturated carbocycles. The molecular formula is C31H30ClFN8O. The average molecular weight is 585 g/mol. The molecule has 0 spiro atoms. The molecule has 11 heteroatoms. The van der Waals surface area contributed by atoms with Gasteiger partial charge in [0.05, 0.1) is 35.4 Å². The Kier molecular flexibility index (Phi) is 8.22. The van der Waals surface area contributed by atoms with Crippen molar-refractivity contribution in [2.75, 3.05) is 24.3 Å². The number of ether oxygens (including phenoxy) is 1. The summed E-state index contributed by atoms with van der Waals surface area (Å²) >= 11 is 6.74. The van der Waals surface area contributed by atoms with Crippen LogP contribution in [-0.2, 0) is 6.54 Å². The first-order valence-corrected chi connectivity index (χ1v) is 13.7. The van der Waals surface area contributed by atoms with Crippen molar-refractivity contribution < 1.29 is 9.13 Å². The molecule has 9 nitrogen and oxygen atoms in total. The maximum atomic E-state index is 13.9. The summed E-state index contributed by atoms with van der Waals surface area (Å²) in [5, 5.41) is 30.4. The highest BCUT2D eigenvalue weighted by atomic mass is 35.5. The van der Waals surface area contributed by atoms with Crippen LogP contribution in [0.1, 0.15) is 49.3 Å². The normalized spacial score (nSPS) is 12.1. The third-order valence-corrected chi connectivity index (χ3v) is 6.95. The van der Waals surface area contributed by atoms with Crippen LogP contribution in [0.4, 0.5) is 15.8 Å². The minimum Gasteiger partial charge on any atom is -0.497 e. The van der Waals surface area contributed by atoms with Gasteiger partial charge in [-0.3, -0.25) is 4.98 Å². The molecule has 2 N–H and O–H groups in total. The molecule has 0 radical (unpaired) electrons. The molecule has 2 aromatic heterocycles. The van der Waals surface area contributed by atoms with E-state index < -0.39 is 6.04 Å². The Bertz CT molecular complexity index is 1740. The standard InChI is InChI=1S/C31H30ClFN8O/c1-31(2,3)18-36-27-21(15-34)16-35-29-25(27)13-23(14-26(29)32)37-28(20-7-9-22(33)10-8-20)30-38-39-40-41(30)17-19-5-11-24(42-4)12-6-19/h5-14,16,28,37H,17-18H2,1-4H3,(H,35,36). The van der Waals surface area contributed by atoms with Gasteiger partial charge in [-0.25, -0.2) is 9.07 Å². The largest absolute Gasteiger partial charge is 0.497 e. The first kappa shape index (κ1) is 28.8. The second-order valence-electron chi connectivity index (χ2n) is 11.1. The summed E-state index contributed by atoms with van der Waals surface area (Å²) < 4.78 is 20.9. The molecule has 1 atom stereocenters. The monoisotopic (exact) mass is 584 g/mol. The predicted octanol–water partition coefficient (Wildman–Crippen LogP) is 6.60. The number of pyridine rings is 1. The van der Waals surface area contributed by atoms with Crippen molar-refractivity contribution in [1.29, 1.82) is 5.26 Å². The van der Waals surface area contributed by atoms with E-state index >= 15 is 0 Å². The molecule has 0 aliphatic rings. The average Bonchev–Trinajstić information content (AvgIpc) is 3.42. The number of nitriles is 1. The van der Waals surface area contributed by atoms with Crippen molar-refractivity contribution in [2.24, 2.45) is 5.41 Å². The molecule has 42 heavy (non-hydrogen) atoms. The fourth-order valence-corrected chi connectivity index (χ4v) is 4.79. The molecule has 0 bridgehead atoms. The van der Waals surface area contributed by atoms with Crippen molar-refractivity contribution in [1.82, 2.24) is 25.2 Å². The Labute approximate surface area is 248 Å². The van der Waals surface area contributed by atoms with E-state index in [0.29, 0.717) is 51.8 Å². The molecule has 5 aromatic rings. The van der Waals surface area contributed by atoms with Gasteiger partial charge >= 0.3 is 0 Å². The van der Waals surface area contributed by atoms with Crippen LogP contribution in [0.15, 0.2) is 66.9 Å². The first-order chi connectivity index (χ1) is 20.1. The Balaban J connectivity index is 1.57. The molecule has 0 aliphatic heterocycles. The van der Waals surface area contributed by atoms with Crippen LogP contribution in [-0.4, -0.2) is 38.8 Å². The smallest absolute Gasteiger partial charge is 0.178 e. The van der Waals surface area contributed by atoms with Gasteiger partial charge in [0.25, 0.3) is 0 Å². The molecule has 2 heterocycles. The van der Waals surface area contributed by atoms with Gasteiger partial charge in [-0.15, -0.1) is 5.10 Å². The molecular weight excluding hydrogens is 555 g/mol. The zero-order chi connectivity index (χ0) is 29.9. The van der Waals surface area contributed by atoms with Crippen LogP contribution in [0, 0.1) is 22.6 Å². The van der Waals surface area contributed by atoms with Gasteiger partial charge in [-0.2, -0.15) is 5.26 Å². The number of methoxy groups -OCH3 is 1.